The molecular formula is C25H27N3O2S. The molecule has 2 amide bonds. The predicted octanol–water partition coefficient (Wildman–Crippen LogP) is 4.97. The van der Waals surface area contributed by atoms with Gasteiger partial charge in [0, 0.05) is 29.1 Å². The van der Waals surface area contributed by atoms with Crippen LogP contribution in [0.25, 0.3) is 11.1 Å². The Morgan fingerprint density at radius 2 is 1.42 bits per heavy atom. The fourth-order valence-electron chi connectivity index (χ4n) is 3.23. The highest BCUT2D eigenvalue weighted by Crippen LogP contribution is 2.27. The van der Waals surface area contributed by atoms with Crippen molar-refractivity contribution in [3.63, 3.8) is 0 Å². The summed E-state index contributed by atoms with van der Waals surface area (Å²) in [5, 5.41) is 5.95. The summed E-state index contributed by atoms with van der Waals surface area (Å²) in [4.78, 5) is 27.8. The van der Waals surface area contributed by atoms with E-state index in [1.807, 2.05) is 97.1 Å². The Morgan fingerprint density at radius 1 is 0.806 bits per heavy atom. The van der Waals surface area contributed by atoms with Gasteiger partial charge in [0.05, 0.1) is 12.2 Å². The van der Waals surface area contributed by atoms with Gasteiger partial charge in [-0.05, 0) is 37.1 Å². The normalized spacial score (nSPS) is 10.7. The first kappa shape index (κ1) is 22.6. The topological polar surface area (TPSA) is 61.4 Å². The molecule has 0 saturated carbocycles. The minimum Gasteiger partial charge on any atom is -0.325 e. The van der Waals surface area contributed by atoms with Gasteiger partial charge in [0.15, 0.2) is 0 Å². The van der Waals surface area contributed by atoms with Gasteiger partial charge in [0.2, 0.25) is 11.8 Å². The van der Waals surface area contributed by atoms with Crippen LogP contribution in [0.4, 0.5) is 11.4 Å². The SMILES string of the molecule is CSc1ccccc1NC(=O)CN(C)CCC(=O)Nc1ccccc1-c1ccccc1. The molecule has 5 nitrogen and oxygen atoms in total. The number of hydrogen-bond acceptors (Lipinski definition) is 4. The Labute approximate surface area is 187 Å². The van der Waals surface area contributed by atoms with Crippen molar-refractivity contribution in [3.05, 3.63) is 78.9 Å². The number of carbonyl (C=O) groups excluding carboxylic acids is 2. The zero-order valence-corrected chi connectivity index (χ0v) is 18.6. The van der Waals surface area contributed by atoms with E-state index in [-0.39, 0.29) is 18.4 Å². The highest BCUT2D eigenvalue weighted by molar-refractivity contribution is 7.98. The summed E-state index contributed by atoms with van der Waals surface area (Å²) < 4.78 is 0. The van der Waals surface area contributed by atoms with Crippen LogP contribution in [0, 0.1) is 0 Å². The largest absolute Gasteiger partial charge is 0.325 e. The zero-order valence-electron chi connectivity index (χ0n) is 17.8. The highest BCUT2D eigenvalue weighted by atomic mass is 32.2. The predicted molar refractivity (Wildman–Crippen MR) is 129 cm³/mol. The smallest absolute Gasteiger partial charge is 0.238 e. The molecule has 0 radical (unpaired) electrons. The van der Waals surface area contributed by atoms with Crippen LogP contribution in [0.15, 0.2) is 83.8 Å². The van der Waals surface area contributed by atoms with E-state index in [9.17, 15) is 9.59 Å². The average molecular weight is 434 g/mol. The van der Waals surface area contributed by atoms with Crippen molar-refractivity contribution >= 4 is 35.0 Å². The van der Waals surface area contributed by atoms with Gasteiger partial charge in [-0.2, -0.15) is 0 Å². The zero-order chi connectivity index (χ0) is 22.1. The van der Waals surface area contributed by atoms with Crippen LogP contribution in [0.2, 0.25) is 0 Å². The molecule has 0 unspecified atom stereocenters. The second kappa shape index (κ2) is 11.3. The van der Waals surface area contributed by atoms with E-state index in [4.69, 9.17) is 0 Å². The number of hydrogen-bond donors (Lipinski definition) is 2. The molecule has 3 aromatic rings. The molecule has 0 aromatic heterocycles. The Balaban J connectivity index is 1.50. The third-order valence-electron chi connectivity index (χ3n) is 4.80. The standard InChI is InChI=1S/C25H27N3O2S/c1-28(18-25(30)27-22-14-8-9-15-23(22)31-2)17-16-24(29)26-21-13-7-6-12-20(21)19-10-4-3-5-11-19/h3-15H,16-18H2,1-2H3,(H,26,29)(H,27,30). The summed E-state index contributed by atoms with van der Waals surface area (Å²) >= 11 is 1.59. The molecule has 0 fully saturated rings. The number of nitrogens with zero attached hydrogens (tertiary/aromatic N) is 1. The third-order valence-corrected chi connectivity index (χ3v) is 5.60. The second-order valence-corrected chi connectivity index (χ2v) is 8.04. The molecule has 0 saturated heterocycles. The minimum atomic E-state index is -0.0983. The van der Waals surface area contributed by atoms with Crippen LogP contribution in [-0.2, 0) is 9.59 Å². The van der Waals surface area contributed by atoms with Gasteiger partial charge in [-0.3, -0.25) is 14.5 Å². The lowest BCUT2D eigenvalue weighted by molar-refractivity contribution is -0.119. The molecule has 0 bridgehead atoms. The van der Waals surface area contributed by atoms with Crippen molar-refractivity contribution in [3.8, 4) is 11.1 Å². The maximum Gasteiger partial charge on any atom is 0.238 e. The lowest BCUT2D eigenvalue weighted by atomic mass is 10.0. The number of rotatable bonds is 9. The number of para-hydroxylation sites is 2. The first-order chi connectivity index (χ1) is 15.1. The molecule has 160 valence electrons. The summed E-state index contributed by atoms with van der Waals surface area (Å²) in [5.41, 5.74) is 3.63. The van der Waals surface area contributed by atoms with Crippen molar-refractivity contribution in [1.29, 1.82) is 0 Å². The third kappa shape index (κ3) is 6.70. The van der Waals surface area contributed by atoms with E-state index in [0.29, 0.717) is 13.0 Å². The van der Waals surface area contributed by atoms with E-state index >= 15 is 0 Å². The summed E-state index contributed by atoms with van der Waals surface area (Å²) in [6, 6.07) is 25.4. The average Bonchev–Trinajstić information content (AvgIpc) is 2.79. The number of thioether (sulfide) groups is 1. The Kier molecular flexibility index (Phi) is 8.27. The number of likely N-dealkylation sites (N-methyl/N-ethyl adjacent to an activating group) is 1. The van der Waals surface area contributed by atoms with Crippen molar-refractivity contribution in [2.45, 2.75) is 11.3 Å². The first-order valence-corrected chi connectivity index (χ1v) is 11.3. The van der Waals surface area contributed by atoms with E-state index < -0.39 is 0 Å². The first-order valence-electron chi connectivity index (χ1n) is 10.1. The maximum absolute atomic E-state index is 12.5. The molecular weight excluding hydrogens is 406 g/mol. The lowest BCUT2D eigenvalue weighted by Gasteiger charge is -2.17. The van der Waals surface area contributed by atoms with Crippen molar-refractivity contribution in [1.82, 2.24) is 4.90 Å². The van der Waals surface area contributed by atoms with Crippen LogP contribution in [0.1, 0.15) is 6.42 Å². The number of benzene rings is 3. The quantitative estimate of drug-likeness (QED) is 0.468. The second-order valence-electron chi connectivity index (χ2n) is 7.20. The Hall–Kier alpha value is -3.09. The molecule has 0 aliphatic rings. The van der Waals surface area contributed by atoms with Crippen LogP contribution >= 0.6 is 11.8 Å². The van der Waals surface area contributed by atoms with Crippen LogP contribution < -0.4 is 10.6 Å². The molecule has 0 heterocycles. The number of carbonyl (C=O) groups is 2. The van der Waals surface area contributed by atoms with Gasteiger partial charge in [0.25, 0.3) is 0 Å². The summed E-state index contributed by atoms with van der Waals surface area (Å²) in [6.45, 7) is 0.702. The highest BCUT2D eigenvalue weighted by Gasteiger charge is 2.12. The maximum atomic E-state index is 12.5. The van der Waals surface area contributed by atoms with Crippen molar-refractivity contribution < 1.29 is 9.59 Å². The number of nitrogens with one attached hydrogen (secondary N) is 2. The van der Waals surface area contributed by atoms with E-state index in [2.05, 4.69) is 10.6 Å². The molecule has 0 atom stereocenters. The molecule has 0 aliphatic heterocycles. The molecule has 0 spiro atoms. The van der Waals surface area contributed by atoms with E-state index in [1.165, 1.54) is 0 Å². The van der Waals surface area contributed by atoms with Gasteiger partial charge in [0.1, 0.15) is 0 Å². The van der Waals surface area contributed by atoms with Crippen molar-refractivity contribution in [2.75, 3.05) is 37.0 Å². The minimum absolute atomic E-state index is 0.0802. The van der Waals surface area contributed by atoms with E-state index in [1.54, 1.807) is 11.8 Å². The molecule has 0 aliphatic carbocycles. The van der Waals surface area contributed by atoms with Crippen molar-refractivity contribution in [2.24, 2.45) is 0 Å². The van der Waals surface area contributed by atoms with Crippen LogP contribution in [-0.4, -0.2) is 43.1 Å². The molecule has 3 aromatic carbocycles. The molecule has 31 heavy (non-hydrogen) atoms. The van der Waals surface area contributed by atoms with Gasteiger partial charge >= 0.3 is 0 Å². The Morgan fingerprint density at radius 3 is 2.16 bits per heavy atom. The Bertz CT molecular complexity index is 1020. The monoisotopic (exact) mass is 433 g/mol. The number of amides is 2. The van der Waals surface area contributed by atoms with E-state index in [0.717, 1.165) is 27.4 Å². The number of anilines is 2. The summed E-state index contributed by atoms with van der Waals surface area (Å²) in [6.07, 6.45) is 2.28. The summed E-state index contributed by atoms with van der Waals surface area (Å²) in [7, 11) is 1.84. The van der Waals surface area contributed by atoms with Crippen LogP contribution in [0.3, 0.4) is 0 Å². The lowest BCUT2D eigenvalue weighted by Crippen LogP contribution is -2.32. The van der Waals surface area contributed by atoms with Gasteiger partial charge in [-0.25, -0.2) is 0 Å². The molecule has 2 N–H and O–H groups in total. The van der Waals surface area contributed by atoms with Crippen LogP contribution in [0.5, 0.6) is 0 Å². The van der Waals surface area contributed by atoms with Gasteiger partial charge in [-0.15, -0.1) is 11.8 Å². The van der Waals surface area contributed by atoms with Gasteiger partial charge in [-0.1, -0.05) is 60.7 Å². The molecule has 6 heteroatoms. The summed E-state index contributed by atoms with van der Waals surface area (Å²) in [5.74, 6) is -0.179. The fraction of sp³-hybridized carbons (Fsp3) is 0.200. The molecule has 3 rings (SSSR count). The van der Waals surface area contributed by atoms with Gasteiger partial charge < -0.3 is 10.6 Å². The fourth-order valence-corrected chi connectivity index (χ4v) is 3.78.